The standard InChI is InChI=1S/C29H35FN4O3/c1-5-6-20-18-31-28(32-19-20)33-12-9-23(10-13-33)37-24-11-14-34(27(36)17-24)22-8-7-21(25(30)16-22)15-26(35)29(2,3)4/h7-8,11,14,16-19,23H,5-6,9-10,12-13,15H2,1-4H3. The lowest BCUT2D eigenvalue weighted by Crippen LogP contribution is -2.39. The highest BCUT2D eigenvalue weighted by atomic mass is 19.1. The van der Waals surface area contributed by atoms with Crippen LogP contribution in [0.2, 0.25) is 0 Å². The summed E-state index contributed by atoms with van der Waals surface area (Å²) in [5.41, 5.74) is 1.02. The molecule has 0 atom stereocenters. The Morgan fingerprint density at radius 2 is 1.81 bits per heavy atom. The van der Waals surface area contributed by atoms with Crippen molar-refractivity contribution in [1.29, 1.82) is 0 Å². The molecule has 0 spiro atoms. The van der Waals surface area contributed by atoms with E-state index in [-0.39, 0.29) is 23.9 Å². The molecule has 2 aromatic heterocycles. The van der Waals surface area contributed by atoms with E-state index in [1.165, 1.54) is 16.7 Å². The third kappa shape index (κ3) is 6.61. The molecule has 0 N–H and O–H groups in total. The predicted octanol–water partition coefficient (Wildman–Crippen LogP) is 4.92. The molecule has 1 aliphatic heterocycles. The second-order valence-electron chi connectivity index (χ2n) is 10.6. The number of piperidine rings is 1. The number of anilines is 1. The first-order valence-electron chi connectivity index (χ1n) is 12.9. The van der Waals surface area contributed by atoms with E-state index < -0.39 is 11.2 Å². The highest BCUT2D eigenvalue weighted by Crippen LogP contribution is 2.23. The molecule has 1 fully saturated rings. The van der Waals surface area contributed by atoms with Gasteiger partial charge in [-0.3, -0.25) is 14.2 Å². The van der Waals surface area contributed by atoms with Crippen LogP contribution in [0.15, 0.2) is 53.7 Å². The summed E-state index contributed by atoms with van der Waals surface area (Å²) in [5, 5.41) is 0. The lowest BCUT2D eigenvalue weighted by atomic mass is 9.87. The Balaban J connectivity index is 1.36. The number of aromatic nitrogens is 3. The van der Waals surface area contributed by atoms with E-state index in [9.17, 15) is 14.0 Å². The van der Waals surface area contributed by atoms with Crippen LogP contribution in [-0.4, -0.2) is 39.5 Å². The van der Waals surface area contributed by atoms with E-state index in [1.807, 2.05) is 33.2 Å². The number of carbonyl (C=O) groups excluding carboxylic acids is 1. The van der Waals surface area contributed by atoms with Gasteiger partial charge in [0.1, 0.15) is 23.5 Å². The molecule has 196 valence electrons. The maximum atomic E-state index is 14.7. The Kier molecular flexibility index (Phi) is 8.05. The molecule has 7 nitrogen and oxygen atoms in total. The van der Waals surface area contributed by atoms with Gasteiger partial charge >= 0.3 is 0 Å². The molecule has 3 heterocycles. The van der Waals surface area contributed by atoms with Gasteiger partial charge in [0.25, 0.3) is 5.56 Å². The number of aryl methyl sites for hydroxylation is 1. The predicted molar refractivity (Wildman–Crippen MR) is 142 cm³/mol. The average molecular weight is 507 g/mol. The molecule has 0 unspecified atom stereocenters. The average Bonchev–Trinajstić information content (AvgIpc) is 2.86. The van der Waals surface area contributed by atoms with Crippen LogP contribution in [0.5, 0.6) is 5.75 Å². The second kappa shape index (κ2) is 11.2. The first-order chi connectivity index (χ1) is 17.6. The van der Waals surface area contributed by atoms with Crippen molar-refractivity contribution in [2.24, 2.45) is 5.41 Å². The Labute approximate surface area is 217 Å². The fraction of sp³-hybridized carbons (Fsp3) is 0.448. The maximum absolute atomic E-state index is 14.7. The molecule has 8 heteroatoms. The number of halogens is 1. The van der Waals surface area contributed by atoms with Crippen molar-refractivity contribution < 1.29 is 13.9 Å². The SMILES string of the molecule is CCCc1cnc(N2CCC(Oc3ccn(-c4ccc(CC(=O)C(C)(C)C)c(F)c4)c(=O)c3)CC2)nc1. The molecule has 37 heavy (non-hydrogen) atoms. The van der Waals surface area contributed by atoms with Crippen LogP contribution in [0.1, 0.15) is 58.1 Å². The zero-order chi connectivity index (χ0) is 26.6. The van der Waals surface area contributed by atoms with E-state index >= 15 is 0 Å². The normalized spacial score (nSPS) is 14.6. The molecule has 1 aliphatic rings. The van der Waals surface area contributed by atoms with Crippen LogP contribution in [0, 0.1) is 11.2 Å². The molecule has 1 aromatic carbocycles. The number of hydrogen-bond donors (Lipinski definition) is 0. The number of rotatable bonds is 8. The van der Waals surface area contributed by atoms with Crippen molar-refractivity contribution in [2.75, 3.05) is 18.0 Å². The van der Waals surface area contributed by atoms with Gasteiger partial charge in [-0.25, -0.2) is 14.4 Å². The zero-order valence-electron chi connectivity index (χ0n) is 22.0. The molecular formula is C29H35FN4O3. The number of carbonyl (C=O) groups is 1. The number of ether oxygens (including phenoxy) is 1. The summed E-state index contributed by atoms with van der Waals surface area (Å²) in [6.07, 6.45) is 9.03. The van der Waals surface area contributed by atoms with Crippen LogP contribution in [-0.2, 0) is 17.6 Å². The van der Waals surface area contributed by atoms with Gasteiger partial charge in [0.15, 0.2) is 0 Å². The first-order valence-corrected chi connectivity index (χ1v) is 12.9. The van der Waals surface area contributed by atoms with Crippen molar-refractivity contribution in [3.8, 4) is 11.4 Å². The minimum absolute atomic E-state index is 0.0112. The van der Waals surface area contributed by atoms with Gasteiger partial charge in [-0.2, -0.15) is 0 Å². The Hall–Kier alpha value is -3.55. The first kappa shape index (κ1) is 26.5. The monoisotopic (exact) mass is 506 g/mol. The third-order valence-corrected chi connectivity index (χ3v) is 6.65. The summed E-state index contributed by atoms with van der Waals surface area (Å²) in [5.74, 6) is 0.689. The van der Waals surface area contributed by atoms with E-state index in [1.54, 1.807) is 24.4 Å². The summed E-state index contributed by atoms with van der Waals surface area (Å²) in [6.45, 7) is 9.13. The number of nitrogens with zero attached hydrogens (tertiary/aromatic N) is 4. The van der Waals surface area contributed by atoms with Crippen molar-refractivity contribution in [3.05, 3.63) is 76.2 Å². The van der Waals surface area contributed by atoms with Gasteiger partial charge in [-0.05, 0) is 35.7 Å². The van der Waals surface area contributed by atoms with Crippen molar-refractivity contribution in [2.45, 2.75) is 65.9 Å². The molecule has 0 amide bonds. The third-order valence-electron chi connectivity index (χ3n) is 6.65. The maximum Gasteiger partial charge on any atom is 0.258 e. The fourth-order valence-corrected chi connectivity index (χ4v) is 4.31. The van der Waals surface area contributed by atoms with Gasteiger partial charge in [0, 0.05) is 62.4 Å². The highest BCUT2D eigenvalue weighted by Gasteiger charge is 2.24. The number of benzene rings is 1. The number of Topliss-reactive ketones (excluding diaryl/α,β-unsaturated/α-hetero) is 1. The van der Waals surface area contributed by atoms with Crippen LogP contribution in [0.4, 0.5) is 10.3 Å². The number of pyridine rings is 1. The van der Waals surface area contributed by atoms with E-state index in [2.05, 4.69) is 21.8 Å². The lowest BCUT2D eigenvalue weighted by Gasteiger charge is -2.32. The minimum atomic E-state index is -0.540. The van der Waals surface area contributed by atoms with Crippen molar-refractivity contribution in [3.63, 3.8) is 0 Å². The molecule has 3 aromatic rings. The zero-order valence-corrected chi connectivity index (χ0v) is 22.0. The molecule has 0 radical (unpaired) electrons. The Morgan fingerprint density at radius 1 is 1.11 bits per heavy atom. The van der Waals surface area contributed by atoms with Crippen molar-refractivity contribution in [1.82, 2.24) is 14.5 Å². The van der Waals surface area contributed by atoms with Gasteiger partial charge in [0.05, 0.1) is 5.69 Å². The van der Waals surface area contributed by atoms with Crippen LogP contribution < -0.4 is 15.2 Å². The van der Waals surface area contributed by atoms with Gasteiger partial charge in [-0.15, -0.1) is 0 Å². The summed E-state index contributed by atoms with van der Waals surface area (Å²) in [6, 6.07) is 7.66. The smallest absolute Gasteiger partial charge is 0.258 e. The second-order valence-corrected chi connectivity index (χ2v) is 10.6. The van der Waals surface area contributed by atoms with E-state index in [0.29, 0.717) is 17.0 Å². The summed E-state index contributed by atoms with van der Waals surface area (Å²) in [4.78, 5) is 36.2. The summed E-state index contributed by atoms with van der Waals surface area (Å²) in [7, 11) is 0. The molecule has 1 saturated heterocycles. The molecular weight excluding hydrogens is 471 g/mol. The molecule has 0 bridgehead atoms. The van der Waals surface area contributed by atoms with Crippen LogP contribution >= 0.6 is 0 Å². The van der Waals surface area contributed by atoms with Crippen LogP contribution in [0.3, 0.4) is 0 Å². The molecule has 4 rings (SSSR count). The Bertz CT molecular complexity index is 1290. The van der Waals surface area contributed by atoms with Gasteiger partial charge < -0.3 is 9.64 Å². The fourth-order valence-electron chi connectivity index (χ4n) is 4.31. The van der Waals surface area contributed by atoms with E-state index in [0.717, 1.165) is 50.3 Å². The Morgan fingerprint density at radius 3 is 2.41 bits per heavy atom. The summed E-state index contributed by atoms with van der Waals surface area (Å²) < 4.78 is 22.2. The topological polar surface area (TPSA) is 77.3 Å². The van der Waals surface area contributed by atoms with Crippen LogP contribution in [0.25, 0.3) is 5.69 Å². The van der Waals surface area contributed by atoms with Gasteiger partial charge in [-0.1, -0.05) is 40.2 Å². The minimum Gasteiger partial charge on any atom is -0.490 e. The lowest BCUT2D eigenvalue weighted by molar-refractivity contribution is -0.125. The molecule has 0 saturated carbocycles. The van der Waals surface area contributed by atoms with Crippen molar-refractivity contribution >= 4 is 11.7 Å². The number of ketones is 1. The summed E-state index contributed by atoms with van der Waals surface area (Å²) >= 11 is 0. The van der Waals surface area contributed by atoms with Gasteiger partial charge in [0.2, 0.25) is 5.95 Å². The van der Waals surface area contributed by atoms with E-state index in [4.69, 9.17) is 4.74 Å². The number of hydrogen-bond acceptors (Lipinski definition) is 6. The quantitative estimate of drug-likeness (QED) is 0.431. The largest absolute Gasteiger partial charge is 0.490 e. The highest BCUT2D eigenvalue weighted by molar-refractivity contribution is 5.85. The molecule has 0 aliphatic carbocycles.